The van der Waals surface area contributed by atoms with Crippen LogP contribution in [0, 0.1) is 0 Å². The molecule has 3 nitrogen and oxygen atoms in total. The molecule has 0 unspecified atom stereocenters. The molecule has 0 fully saturated rings. The Bertz CT molecular complexity index is 2920. The van der Waals surface area contributed by atoms with Gasteiger partial charge in [-0.05, 0) is 83.9 Å². The number of benzene rings is 8. The Morgan fingerprint density at radius 3 is 1.36 bits per heavy atom. The maximum absolute atomic E-state index is 12.5. The molecule has 53 heavy (non-hydrogen) atoms. The van der Waals surface area contributed by atoms with Crippen LogP contribution in [0.4, 0.5) is 34.1 Å². The molecule has 252 valence electrons. The van der Waals surface area contributed by atoms with E-state index in [4.69, 9.17) is 0 Å². The van der Waals surface area contributed by atoms with Crippen molar-refractivity contribution in [2.75, 3.05) is 9.80 Å². The van der Waals surface area contributed by atoms with Gasteiger partial charge in [0.2, 0.25) is 0 Å². The van der Waals surface area contributed by atoms with Crippen molar-refractivity contribution >= 4 is 97.1 Å². The molecule has 10 aromatic rings. The fourth-order valence-corrected chi connectivity index (χ4v) is 9.78. The van der Waals surface area contributed by atoms with Crippen LogP contribution in [0.1, 0.15) is 0 Å². The van der Waals surface area contributed by atoms with Gasteiger partial charge in [-0.25, -0.2) is 0 Å². The number of anilines is 6. The maximum Gasteiger partial charge on any atom is 0.142 e. The number of hydrogen-bond donors (Lipinski definition) is 1. The van der Waals surface area contributed by atoms with Gasteiger partial charge < -0.3 is 14.9 Å². The average molecular weight is 717 g/mol. The summed E-state index contributed by atoms with van der Waals surface area (Å²) in [6.07, 6.45) is 0. The first-order valence-corrected chi connectivity index (χ1v) is 19.3. The van der Waals surface area contributed by atoms with Crippen molar-refractivity contribution in [2.45, 2.75) is 0 Å². The predicted molar refractivity (Wildman–Crippen MR) is 229 cm³/mol. The second-order valence-corrected chi connectivity index (χ2v) is 15.3. The van der Waals surface area contributed by atoms with Gasteiger partial charge in [0.25, 0.3) is 0 Å². The van der Waals surface area contributed by atoms with Crippen LogP contribution in [0.2, 0.25) is 0 Å². The van der Waals surface area contributed by atoms with Gasteiger partial charge in [-0.1, -0.05) is 115 Å². The third-order valence-electron chi connectivity index (χ3n) is 9.91. The minimum Gasteiger partial charge on any atom is -0.506 e. The van der Waals surface area contributed by atoms with E-state index in [0.717, 1.165) is 39.6 Å². The van der Waals surface area contributed by atoms with Crippen LogP contribution in [-0.2, 0) is 0 Å². The minimum atomic E-state index is 0.186. The number of hydrogen-bond acceptors (Lipinski definition) is 5. The highest BCUT2D eigenvalue weighted by atomic mass is 32.1. The molecule has 0 saturated heterocycles. The summed E-state index contributed by atoms with van der Waals surface area (Å²) in [7, 11) is 0. The van der Waals surface area contributed by atoms with E-state index in [9.17, 15) is 5.11 Å². The molecule has 10 rings (SSSR count). The molecule has 0 aliphatic heterocycles. The number of thiophene rings is 2. The van der Waals surface area contributed by atoms with E-state index in [1.807, 2.05) is 47.7 Å². The third kappa shape index (κ3) is 5.49. The second kappa shape index (κ2) is 13.0. The fourth-order valence-electron chi connectivity index (χ4n) is 7.50. The SMILES string of the molecule is Oc1cc(-c2ccccc2)cc(N(c2ccccc2)c2ccc3c(c2)sc2ccccc23)c1N(c1ccccc1)c1ccc2c(c1)sc1ccccc12. The number of fused-ring (bicyclic) bond motifs is 6. The van der Waals surface area contributed by atoms with Crippen LogP contribution in [0.15, 0.2) is 188 Å². The van der Waals surface area contributed by atoms with Gasteiger partial charge in [-0.3, -0.25) is 0 Å². The third-order valence-corrected chi connectivity index (χ3v) is 12.2. The smallest absolute Gasteiger partial charge is 0.142 e. The highest BCUT2D eigenvalue weighted by Gasteiger charge is 2.27. The molecule has 8 aromatic carbocycles. The molecule has 0 aliphatic rings. The fraction of sp³-hybridized carbons (Fsp3) is 0. The van der Waals surface area contributed by atoms with E-state index in [-0.39, 0.29) is 5.75 Å². The lowest BCUT2D eigenvalue weighted by Crippen LogP contribution is -2.17. The highest BCUT2D eigenvalue weighted by molar-refractivity contribution is 7.26. The lowest BCUT2D eigenvalue weighted by atomic mass is 10.0. The van der Waals surface area contributed by atoms with Crippen molar-refractivity contribution in [3.05, 3.63) is 188 Å². The zero-order valence-corrected chi connectivity index (χ0v) is 30.2. The van der Waals surface area contributed by atoms with Gasteiger partial charge in [0.1, 0.15) is 11.4 Å². The molecule has 0 radical (unpaired) electrons. The largest absolute Gasteiger partial charge is 0.506 e. The Balaban J connectivity index is 1.27. The summed E-state index contributed by atoms with van der Waals surface area (Å²) in [5.74, 6) is 0.186. The molecule has 0 atom stereocenters. The molecule has 1 N–H and O–H groups in total. The normalized spacial score (nSPS) is 11.5. The Kier molecular flexibility index (Phi) is 7.68. The Labute approximate surface area is 315 Å². The molecule has 2 heterocycles. The Morgan fingerprint density at radius 2 is 0.792 bits per heavy atom. The topological polar surface area (TPSA) is 26.7 Å². The second-order valence-electron chi connectivity index (χ2n) is 13.1. The lowest BCUT2D eigenvalue weighted by molar-refractivity contribution is 0.477. The first-order valence-electron chi connectivity index (χ1n) is 17.6. The zero-order valence-electron chi connectivity index (χ0n) is 28.6. The van der Waals surface area contributed by atoms with Crippen molar-refractivity contribution in [1.82, 2.24) is 0 Å². The molecule has 0 spiro atoms. The van der Waals surface area contributed by atoms with Crippen molar-refractivity contribution in [1.29, 1.82) is 0 Å². The number of rotatable bonds is 7. The minimum absolute atomic E-state index is 0.186. The van der Waals surface area contributed by atoms with E-state index in [0.29, 0.717) is 5.69 Å². The van der Waals surface area contributed by atoms with Crippen molar-refractivity contribution < 1.29 is 5.11 Å². The number of phenolic OH excluding ortho intramolecular Hbond substituents is 1. The van der Waals surface area contributed by atoms with E-state index < -0.39 is 0 Å². The van der Waals surface area contributed by atoms with Crippen LogP contribution in [0.5, 0.6) is 5.75 Å². The first kappa shape index (κ1) is 31.3. The van der Waals surface area contributed by atoms with Gasteiger partial charge in [0.15, 0.2) is 0 Å². The highest BCUT2D eigenvalue weighted by Crippen LogP contribution is 2.53. The van der Waals surface area contributed by atoms with E-state index in [2.05, 4.69) is 161 Å². The molecule has 0 amide bonds. The monoisotopic (exact) mass is 716 g/mol. The van der Waals surface area contributed by atoms with Crippen LogP contribution in [0.25, 0.3) is 51.5 Å². The number of para-hydroxylation sites is 2. The first-order chi connectivity index (χ1) is 26.2. The molecule has 5 heteroatoms. The van der Waals surface area contributed by atoms with Gasteiger partial charge >= 0.3 is 0 Å². The van der Waals surface area contributed by atoms with Gasteiger partial charge in [0.05, 0.1) is 5.69 Å². The Hall–Kier alpha value is -6.40. The lowest BCUT2D eigenvalue weighted by Gasteiger charge is -2.34. The van der Waals surface area contributed by atoms with E-state index in [1.165, 1.54) is 40.3 Å². The summed E-state index contributed by atoms with van der Waals surface area (Å²) >= 11 is 3.60. The molecule has 0 aliphatic carbocycles. The zero-order chi connectivity index (χ0) is 35.3. The van der Waals surface area contributed by atoms with Gasteiger partial charge in [0, 0.05) is 63.1 Å². The van der Waals surface area contributed by atoms with Gasteiger partial charge in [-0.15, -0.1) is 22.7 Å². The summed E-state index contributed by atoms with van der Waals surface area (Å²) in [4.78, 5) is 4.50. The molecular weight excluding hydrogens is 685 g/mol. The van der Waals surface area contributed by atoms with E-state index in [1.54, 1.807) is 11.3 Å². The summed E-state index contributed by atoms with van der Waals surface area (Å²) in [6, 6.07) is 65.9. The van der Waals surface area contributed by atoms with Gasteiger partial charge in [-0.2, -0.15) is 0 Å². The molecule has 0 bridgehead atoms. The number of nitrogens with zero attached hydrogens (tertiary/aromatic N) is 2. The maximum atomic E-state index is 12.5. The summed E-state index contributed by atoms with van der Waals surface area (Å²) in [5.41, 5.74) is 7.42. The average Bonchev–Trinajstić information content (AvgIpc) is 3.78. The predicted octanol–water partition coefficient (Wildman–Crippen LogP) is 14.7. The molecular formula is C48H32N2OS2. The quantitative estimate of drug-likeness (QED) is 0.178. The summed E-state index contributed by atoms with van der Waals surface area (Å²) < 4.78 is 4.93. The summed E-state index contributed by atoms with van der Waals surface area (Å²) in [5, 5.41) is 17.5. The molecule has 0 saturated carbocycles. The van der Waals surface area contributed by atoms with E-state index >= 15 is 0 Å². The van der Waals surface area contributed by atoms with Crippen LogP contribution >= 0.6 is 22.7 Å². The van der Waals surface area contributed by atoms with Crippen LogP contribution < -0.4 is 9.80 Å². The van der Waals surface area contributed by atoms with Crippen LogP contribution in [0.3, 0.4) is 0 Å². The number of phenols is 1. The Morgan fingerprint density at radius 1 is 0.340 bits per heavy atom. The van der Waals surface area contributed by atoms with Crippen molar-refractivity contribution in [3.63, 3.8) is 0 Å². The van der Waals surface area contributed by atoms with Crippen molar-refractivity contribution in [3.8, 4) is 16.9 Å². The van der Waals surface area contributed by atoms with Crippen molar-refractivity contribution in [2.24, 2.45) is 0 Å². The molecule has 2 aromatic heterocycles. The standard InChI is InChI=1S/C48H32N2OS2/c51-43-29-33(32-14-4-1-5-15-32)28-42(49(34-16-6-2-7-17-34)36-24-26-40-38-20-10-12-22-44(38)52-46(40)30-36)48(43)50(35-18-8-3-9-19-35)37-25-27-41-39-21-11-13-23-45(39)53-47(41)31-37/h1-31,51H. The number of aromatic hydroxyl groups is 1. The summed E-state index contributed by atoms with van der Waals surface area (Å²) in [6.45, 7) is 0. The van der Waals surface area contributed by atoms with Crippen LogP contribution in [-0.4, -0.2) is 5.11 Å².